The van der Waals surface area contributed by atoms with Crippen molar-refractivity contribution in [3.63, 3.8) is 0 Å². The molecule has 5 heteroatoms. The molecule has 0 radical (unpaired) electrons. The zero-order valence-electron chi connectivity index (χ0n) is 19.4. The van der Waals surface area contributed by atoms with Crippen LogP contribution in [0.25, 0.3) is 0 Å². The minimum absolute atomic E-state index is 0.0152. The smallest absolute Gasteiger partial charge is 0.242 e. The maximum absolute atomic E-state index is 13.8. The molecule has 3 aromatic carbocycles. The van der Waals surface area contributed by atoms with Gasteiger partial charge in [0.15, 0.2) is 0 Å². The highest BCUT2D eigenvalue weighted by Crippen LogP contribution is 2.30. The molecule has 172 valence electrons. The van der Waals surface area contributed by atoms with Gasteiger partial charge in [-0.25, -0.2) is 0 Å². The van der Waals surface area contributed by atoms with Crippen LogP contribution < -0.4 is 5.32 Å². The van der Waals surface area contributed by atoms with Gasteiger partial charge >= 0.3 is 0 Å². The molecule has 4 nitrogen and oxygen atoms in total. The minimum Gasteiger partial charge on any atom is -0.352 e. The number of nitrogens with one attached hydrogen (secondary N) is 1. The number of carbonyl (C=O) groups excluding carboxylic acids is 2. The molecule has 0 spiro atoms. The molecular formula is C28H31ClN2O2. The number of amides is 2. The van der Waals surface area contributed by atoms with Crippen molar-refractivity contribution < 1.29 is 9.59 Å². The number of nitrogens with zero attached hydrogens (tertiary/aromatic N) is 1. The maximum Gasteiger partial charge on any atom is 0.242 e. The van der Waals surface area contributed by atoms with Crippen molar-refractivity contribution in [2.24, 2.45) is 0 Å². The zero-order valence-corrected chi connectivity index (χ0v) is 20.1. The van der Waals surface area contributed by atoms with Gasteiger partial charge in [0.05, 0.1) is 0 Å². The van der Waals surface area contributed by atoms with E-state index in [4.69, 9.17) is 11.6 Å². The molecule has 0 heterocycles. The predicted molar refractivity (Wildman–Crippen MR) is 134 cm³/mol. The zero-order chi connectivity index (χ0) is 23.8. The van der Waals surface area contributed by atoms with E-state index in [-0.39, 0.29) is 36.7 Å². The average Bonchev–Trinajstić information content (AvgIpc) is 2.82. The fraction of sp³-hybridized carbons (Fsp3) is 0.286. The fourth-order valence-electron chi connectivity index (χ4n) is 3.89. The summed E-state index contributed by atoms with van der Waals surface area (Å²) in [6.07, 6.45) is 0.248. The Morgan fingerprint density at radius 3 is 1.85 bits per heavy atom. The lowest BCUT2D eigenvalue weighted by Gasteiger charge is -2.31. The predicted octanol–water partition coefficient (Wildman–Crippen LogP) is 5.80. The highest BCUT2D eigenvalue weighted by Gasteiger charge is 2.29. The van der Waals surface area contributed by atoms with Gasteiger partial charge in [-0.1, -0.05) is 90.5 Å². The van der Waals surface area contributed by atoms with Gasteiger partial charge in [-0.05, 0) is 43.5 Å². The lowest BCUT2D eigenvalue weighted by Crippen LogP contribution is -2.49. The first-order valence-corrected chi connectivity index (χ1v) is 11.7. The fourth-order valence-corrected chi connectivity index (χ4v) is 4.08. The first-order chi connectivity index (χ1) is 15.9. The van der Waals surface area contributed by atoms with Crippen molar-refractivity contribution in [1.29, 1.82) is 0 Å². The summed E-state index contributed by atoms with van der Waals surface area (Å²) in [6.45, 7) is 5.85. The van der Waals surface area contributed by atoms with E-state index in [2.05, 4.69) is 5.32 Å². The van der Waals surface area contributed by atoms with Crippen molar-refractivity contribution in [2.75, 3.05) is 0 Å². The second kappa shape index (κ2) is 11.7. The Morgan fingerprint density at radius 1 is 0.818 bits per heavy atom. The van der Waals surface area contributed by atoms with E-state index in [9.17, 15) is 9.59 Å². The monoisotopic (exact) mass is 462 g/mol. The molecule has 2 amide bonds. The molecule has 3 aromatic rings. The van der Waals surface area contributed by atoms with Gasteiger partial charge in [0.25, 0.3) is 0 Å². The van der Waals surface area contributed by atoms with E-state index >= 15 is 0 Å². The summed E-state index contributed by atoms with van der Waals surface area (Å²) < 4.78 is 0. The highest BCUT2D eigenvalue weighted by molar-refractivity contribution is 6.31. The van der Waals surface area contributed by atoms with Crippen LogP contribution in [0.15, 0.2) is 84.9 Å². The Labute approximate surface area is 201 Å². The quantitative estimate of drug-likeness (QED) is 0.436. The minimum atomic E-state index is -0.636. The first-order valence-electron chi connectivity index (χ1n) is 11.3. The van der Waals surface area contributed by atoms with Gasteiger partial charge in [-0.2, -0.15) is 0 Å². The third kappa shape index (κ3) is 6.69. The van der Waals surface area contributed by atoms with Gasteiger partial charge in [-0.15, -0.1) is 0 Å². The molecule has 0 aliphatic rings. The summed E-state index contributed by atoms with van der Waals surface area (Å²) in [5.74, 6) is -0.394. The molecule has 1 unspecified atom stereocenters. The Hall–Kier alpha value is -3.11. The SMILES string of the molecule is CC(C)NC(=O)C(C)N(Cc1ccccc1Cl)C(=O)CC(c1ccccc1)c1ccccc1. The maximum atomic E-state index is 13.8. The van der Waals surface area contributed by atoms with E-state index < -0.39 is 6.04 Å². The number of halogens is 1. The normalized spacial score (nSPS) is 11.9. The summed E-state index contributed by atoms with van der Waals surface area (Å²) in [6, 6.07) is 26.8. The van der Waals surface area contributed by atoms with Crippen LogP contribution in [0, 0.1) is 0 Å². The van der Waals surface area contributed by atoms with Crippen molar-refractivity contribution >= 4 is 23.4 Å². The van der Waals surface area contributed by atoms with E-state index in [1.165, 1.54) is 0 Å². The molecule has 0 saturated carbocycles. The number of rotatable bonds is 9. The van der Waals surface area contributed by atoms with Crippen LogP contribution in [-0.4, -0.2) is 28.8 Å². The summed E-state index contributed by atoms with van der Waals surface area (Å²) >= 11 is 6.40. The number of benzene rings is 3. The molecule has 0 aliphatic heterocycles. The first kappa shape index (κ1) is 24.5. The van der Waals surface area contributed by atoms with Crippen LogP contribution in [-0.2, 0) is 16.1 Å². The summed E-state index contributed by atoms with van der Waals surface area (Å²) in [5.41, 5.74) is 2.94. The largest absolute Gasteiger partial charge is 0.352 e. The number of carbonyl (C=O) groups is 2. The van der Waals surface area contributed by atoms with Crippen molar-refractivity contribution in [1.82, 2.24) is 10.2 Å². The van der Waals surface area contributed by atoms with Gasteiger partial charge in [0.2, 0.25) is 11.8 Å². The van der Waals surface area contributed by atoms with E-state index in [0.717, 1.165) is 16.7 Å². The second-order valence-electron chi connectivity index (χ2n) is 8.53. The summed E-state index contributed by atoms with van der Waals surface area (Å²) in [7, 11) is 0. The third-order valence-corrected chi connectivity index (χ3v) is 6.05. The van der Waals surface area contributed by atoms with Crippen LogP contribution in [0.4, 0.5) is 0 Å². The summed E-state index contributed by atoms with van der Waals surface area (Å²) in [5, 5.41) is 3.51. The van der Waals surface area contributed by atoms with Crippen LogP contribution in [0.2, 0.25) is 5.02 Å². The Kier molecular flexibility index (Phi) is 8.67. The molecule has 1 N–H and O–H groups in total. The Morgan fingerprint density at radius 2 is 1.33 bits per heavy atom. The molecule has 0 bridgehead atoms. The molecule has 1 atom stereocenters. The average molecular weight is 463 g/mol. The van der Waals surface area contributed by atoms with Crippen LogP contribution in [0.5, 0.6) is 0 Å². The van der Waals surface area contributed by atoms with Crippen molar-refractivity contribution in [3.8, 4) is 0 Å². The van der Waals surface area contributed by atoms with Gasteiger partial charge in [-0.3, -0.25) is 9.59 Å². The van der Waals surface area contributed by atoms with Gasteiger partial charge in [0, 0.05) is 29.9 Å². The Bertz CT molecular complexity index is 1010. The topological polar surface area (TPSA) is 49.4 Å². The molecule has 0 aromatic heterocycles. The number of hydrogen-bond acceptors (Lipinski definition) is 2. The molecule has 0 aliphatic carbocycles. The summed E-state index contributed by atoms with van der Waals surface area (Å²) in [4.78, 5) is 28.2. The van der Waals surface area contributed by atoms with Gasteiger partial charge < -0.3 is 10.2 Å². The van der Waals surface area contributed by atoms with Crippen molar-refractivity contribution in [3.05, 3.63) is 107 Å². The van der Waals surface area contributed by atoms with E-state index in [0.29, 0.717) is 5.02 Å². The molecule has 0 saturated heterocycles. The highest BCUT2D eigenvalue weighted by atomic mass is 35.5. The lowest BCUT2D eigenvalue weighted by molar-refractivity contribution is -0.141. The van der Waals surface area contributed by atoms with Crippen LogP contribution in [0.3, 0.4) is 0 Å². The van der Waals surface area contributed by atoms with Crippen molar-refractivity contribution in [2.45, 2.75) is 51.7 Å². The molecule has 33 heavy (non-hydrogen) atoms. The van der Waals surface area contributed by atoms with E-state index in [1.54, 1.807) is 17.9 Å². The molecule has 3 rings (SSSR count). The Balaban J connectivity index is 1.93. The standard InChI is InChI=1S/C28H31ClN2O2/c1-20(2)30-28(33)21(3)31(19-24-16-10-11-17-26(24)29)27(32)18-25(22-12-6-4-7-13-22)23-14-8-5-9-15-23/h4-17,20-21,25H,18-19H2,1-3H3,(H,30,33). The van der Waals surface area contributed by atoms with Crippen LogP contribution >= 0.6 is 11.6 Å². The molecule has 0 fully saturated rings. The second-order valence-corrected chi connectivity index (χ2v) is 8.94. The van der Waals surface area contributed by atoms with Crippen LogP contribution in [0.1, 0.15) is 49.8 Å². The lowest BCUT2D eigenvalue weighted by atomic mass is 9.88. The number of hydrogen-bond donors (Lipinski definition) is 1. The van der Waals surface area contributed by atoms with E-state index in [1.807, 2.05) is 92.7 Å². The van der Waals surface area contributed by atoms with Gasteiger partial charge in [0.1, 0.15) is 6.04 Å². The third-order valence-electron chi connectivity index (χ3n) is 5.68. The molecular weight excluding hydrogens is 432 g/mol.